The molecule has 0 bridgehead atoms. The molecule has 0 aliphatic heterocycles. The second-order valence-corrected chi connectivity index (χ2v) is 9.47. The van der Waals surface area contributed by atoms with E-state index in [0.29, 0.717) is 0 Å². The van der Waals surface area contributed by atoms with E-state index in [-0.39, 0.29) is 18.7 Å². The fourth-order valence-corrected chi connectivity index (χ4v) is 4.04. The van der Waals surface area contributed by atoms with Crippen LogP contribution in [-0.4, -0.2) is 34.7 Å². The Bertz CT molecular complexity index is 1060. The van der Waals surface area contributed by atoms with Crippen LogP contribution in [0, 0.1) is 0 Å². The molecule has 2 amide bonds. The summed E-state index contributed by atoms with van der Waals surface area (Å²) in [4.78, 5) is 37.2. The highest BCUT2D eigenvalue weighted by atomic mass is 16.6. The van der Waals surface area contributed by atoms with Gasteiger partial charge >= 0.3 is 12.1 Å². The number of alkyl carbamates (subject to hydrolysis) is 1. The minimum atomic E-state index is -1.27. The predicted octanol–water partition coefficient (Wildman–Crippen LogP) is 4.85. The molecule has 36 heavy (non-hydrogen) atoms. The van der Waals surface area contributed by atoms with E-state index >= 15 is 0 Å². The van der Waals surface area contributed by atoms with Crippen molar-refractivity contribution in [3.63, 3.8) is 0 Å². The minimum absolute atomic E-state index is 0.102. The molecule has 3 rings (SSSR count). The summed E-state index contributed by atoms with van der Waals surface area (Å²) < 4.78 is 5.17. The van der Waals surface area contributed by atoms with E-state index in [4.69, 9.17) is 4.74 Å². The molecule has 0 radical (unpaired) electrons. The quantitative estimate of drug-likeness (QED) is 0.374. The van der Waals surface area contributed by atoms with Crippen molar-refractivity contribution in [1.29, 1.82) is 0 Å². The van der Waals surface area contributed by atoms with Crippen LogP contribution in [0.1, 0.15) is 50.3 Å². The smallest absolute Gasteiger partial charge is 0.408 e. The van der Waals surface area contributed by atoms with Crippen LogP contribution in [0.4, 0.5) is 4.79 Å². The number of amides is 2. The van der Waals surface area contributed by atoms with Gasteiger partial charge in [-0.1, -0.05) is 91.0 Å². The first-order valence-electron chi connectivity index (χ1n) is 11.8. The number of carboxylic acid groups (broad SMARTS) is 1. The Balaban J connectivity index is 1.90. The first kappa shape index (κ1) is 26.5. The molecule has 3 aromatic carbocycles. The van der Waals surface area contributed by atoms with Gasteiger partial charge in [-0.25, -0.2) is 9.59 Å². The Morgan fingerprint density at radius 1 is 0.778 bits per heavy atom. The van der Waals surface area contributed by atoms with Gasteiger partial charge in [-0.3, -0.25) is 4.79 Å². The van der Waals surface area contributed by atoms with Crippen LogP contribution in [0.5, 0.6) is 0 Å². The van der Waals surface area contributed by atoms with Crippen LogP contribution in [0.2, 0.25) is 0 Å². The van der Waals surface area contributed by atoms with Gasteiger partial charge < -0.3 is 20.5 Å². The second-order valence-electron chi connectivity index (χ2n) is 9.47. The van der Waals surface area contributed by atoms with Crippen molar-refractivity contribution in [3.05, 3.63) is 108 Å². The van der Waals surface area contributed by atoms with Gasteiger partial charge in [-0.05, 0) is 43.9 Å². The summed E-state index contributed by atoms with van der Waals surface area (Å²) in [5.41, 5.74) is 0.802. The van der Waals surface area contributed by atoms with E-state index in [0.717, 1.165) is 16.7 Å². The number of ether oxygens (including phenoxy) is 1. The molecular formula is C29H32N2O5. The standard InChI is InChI=1S/C29H32N2O5/c1-28(2,3)36-27(35)30-24(26(33)34)19-20-25(32)31-29(21-13-7-4-8-14-21,22-15-9-5-10-16-22)23-17-11-6-12-18-23/h4-18,24H,19-20H2,1-3H3,(H,30,35)(H,31,32)(H,33,34)/t24-/m0/s1. The van der Waals surface area contributed by atoms with Crippen molar-refractivity contribution >= 4 is 18.0 Å². The third-order valence-corrected chi connectivity index (χ3v) is 5.60. The summed E-state index contributed by atoms with van der Waals surface area (Å²) in [5, 5.41) is 15.1. The summed E-state index contributed by atoms with van der Waals surface area (Å²) in [6, 6.07) is 27.6. The first-order valence-corrected chi connectivity index (χ1v) is 11.8. The van der Waals surface area contributed by atoms with Gasteiger partial charge in [0, 0.05) is 6.42 Å². The highest BCUT2D eigenvalue weighted by Crippen LogP contribution is 2.36. The number of carbonyl (C=O) groups is 3. The molecule has 0 spiro atoms. The fourth-order valence-electron chi connectivity index (χ4n) is 4.04. The highest BCUT2D eigenvalue weighted by molar-refractivity contribution is 5.83. The maximum atomic E-state index is 13.4. The third kappa shape index (κ3) is 6.72. The van der Waals surface area contributed by atoms with E-state index < -0.39 is 29.2 Å². The molecule has 0 aliphatic carbocycles. The molecule has 0 saturated carbocycles. The number of benzene rings is 3. The summed E-state index contributed by atoms with van der Waals surface area (Å²) in [5.74, 6) is -1.60. The van der Waals surface area contributed by atoms with Gasteiger partial charge in [0.15, 0.2) is 0 Å². The van der Waals surface area contributed by atoms with E-state index in [1.165, 1.54) is 0 Å². The zero-order chi connectivity index (χ0) is 26.2. The Morgan fingerprint density at radius 3 is 1.56 bits per heavy atom. The third-order valence-electron chi connectivity index (χ3n) is 5.60. The van der Waals surface area contributed by atoms with E-state index in [1.54, 1.807) is 20.8 Å². The maximum absolute atomic E-state index is 13.4. The molecule has 0 heterocycles. The lowest BCUT2D eigenvalue weighted by molar-refractivity contribution is -0.139. The number of aliphatic carboxylic acids is 1. The Hall–Kier alpha value is -4.13. The summed E-state index contributed by atoms with van der Waals surface area (Å²) in [6.45, 7) is 5.06. The zero-order valence-corrected chi connectivity index (χ0v) is 20.7. The first-order chi connectivity index (χ1) is 17.1. The molecular weight excluding hydrogens is 456 g/mol. The molecule has 1 atom stereocenters. The van der Waals surface area contributed by atoms with Crippen molar-refractivity contribution in [2.24, 2.45) is 0 Å². The number of carbonyl (C=O) groups excluding carboxylic acids is 2. The molecule has 0 aliphatic rings. The van der Waals surface area contributed by atoms with E-state index in [1.807, 2.05) is 91.0 Å². The Kier molecular flexibility index (Phi) is 8.48. The van der Waals surface area contributed by atoms with Gasteiger partial charge in [0.05, 0.1) is 0 Å². The average molecular weight is 489 g/mol. The van der Waals surface area contributed by atoms with Gasteiger partial charge in [-0.2, -0.15) is 0 Å². The fraction of sp³-hybridized carbons (Fsp3) is 0.276. The molecule has 0 aromatic heterocycles. The predicted molar refractivity (Wildman–Crippen MR) is 137 cm³/mol. The van der Waals surface area contributed by atoms with Crippen LogP contribution in [0.25, 0.3) is 0 Å². The van der Waals surface area contributed by atoms with Crippen LogP contribution in [0.15, 0.2) is 91.0 Å². The molecule has 3 N–H and O–H groups in total. The van der Waals surface area contributed by atoms with Crippen LogP contribution in [-0.2, 0) is 19.9 Å². The summed E-state index contributed by atoms with van der Waals surface area (Å²) >= 11 is 0. The molecule has 0 fully saturated rings. The molecule has 0 unspecified atom stereocenters. The number of carboxylic acids is 1. The minimum Gasteiger partial charge on any atom is -0.480 e. The SMILES string of the molecule is CC(C)(C)OC(=O)N[C@@H](CCC(=O)NC(c1ccccc1)(c1ccccc1)c1ccccc1)C(=O)O. The molecule has 7 nitrogen and oxygen atoms in total. The maximum Gasteiger partial charge on any atom is 0.408 e. The number of hydrogen-bond donors (Lipinski definition) is 3. The van der Waals surface area contributed by atoms with Crippen molar-refractivity contribution in [3.8, 4) is 0 Å². The largest absolute Gasteiger partial charge is 0.480 e. The number of nitrogens with one attached hydrogen (secondary N) is 2. The van der Waals surface area contributed by atoms with Gasteiger partial charge in [0.1, 0.15) is 17.2 Å². The average Bonchev–Trinajstić information content (AvgIpc) is 2.85. The van der Waals surface area contributed by atoms with Gasteiger partial charge in [0.2, 0.25) is 5.91 Å². The van der Waals surface area contributed by atoms with Crippen molar-refractivity contribution < 1.29 is 24.2 Å². The summed E-state index contributed by atoms with van der Waals surface area (Å²) in [6.07, 6.45) is -1.07. The van der Waals surface area contributed by atoms with Crippen molar-refractivity contribution in [2.75, 3.05) is 0 Å². The molecule has 3 aromatic rings. The lowest BCUT2D eigenvalue weighted by atomic mass is 9.77. The Labute approximate surface area is 211 Å². The zero-order valence-electron chi connectivity index (χ0n) is 20.7. The lowest BCUT2D eigenvalue weighted by Gasteiger charge is -2.37. The van der Waals surface area contributed by atoms with Gasteiger partial charge in [-0.15, -0.1) is 0 Å². The van der Waals surface area contributed by atoms with Crippen molar-refractivity contribution in [1.82, 2.24) is 10.6 Å². The molecule has 7 heteroatoms. The van der Waals surface area contributed by atoms with E-state index in [9.17, 15) is 19.5 Å². The van der Waals surface area contributed by atoms with Crippen LogP contribution < -0.4 is 10.6 Å². The number of rotatable bonds is 9. The topological polar surface area (TPSA) is 105 Å². The summed E-state index contributed by atoms with van der Waals surface area (Å²) in [7, 11) is 0. The highest BCUT2D eigenvalue weighted by Gasteiger charge is 2.38. The lowest BCUT2D eigenvalue weighted by Crippen LogP contribution is -2.49. The van der Waals surface area contributed by atoms with E-state index in [2.05, 4.69) is 10.6 Å². The monoisotopic (exact) mass is 488 g/mol. The van der Waals surface area contributed by atoms with Crippen LogP contribution >= 0.6 is 0 Å². The van der Waals surface area contributed by atoms with Gasteiger partial charge in [0.25, 0.3) is 0 Å². The second kappa shape index (κ2) is 11.5. The number of hydrogen-bond acceptors (Lipinski definition) is 4. The van der Waals surface area contributed by atoms with Crippen LogP contribution in [0.3, 0.4) is 0 Å². The Morgan fingerprint density at radius 2 is 1.19 bits per heavy atom. The molecule has 188 valence electrons. The van der Waals surface area contributed by atoms with Crippen molar-refractivity contribution in [2.45, 2.75) is 50.8 Å². The normalized spacial score (nSPS) is 12.3. The molecule has 0 saturated heterocycles.